The number of ether oxygens (including phenoxy) is 1. The van der Waals surface area contributed by atoms with Gasteiger partial charge in [0.2, 0.25) is 0 Å². The first-order valence-electron chi connectivity index (χ1n) is 7.71. The number of imidazole rings is 1. The molecule has 1 aromatic carbocycles. The van der Waals surface area contributed by atoms with Crippen LogP contribution in [0, 0.1) is 6.92 Å². The molecule has 0 aliphatic carbocycles. The molecule has 6 nitrogen and oxygen atoms in total. The van der Waals surface area contributed by atoms with E-state index in [1.54, 1.807) is 36.9 Å². The summed E-state index contributed by atoms with van der Waals surface area (Å²) >= 11 is 6.03. The lowest BCUT2D eigenvalue weighted by Gasteiger charge is -2.10. The molecule has 3 rings (SSSR count). The Morgan fingerprint density at radius 2 is 2.20 bits per heavy atom. The summed E-state index contributed by atoms with van der Waals surface area (Å²) in [6.45, 7) is 2.17. The average Bonchev–Trinajstić information content (AvgIpc) is 3.16. The summed E-state index contributed by atoms with van der Waals surface area (Å²) < 4.78 is 7.32. The van der Waals surface area contributed by atoms with Crippen molar-refractivity contribution in [2.45, 2.75) is 13.5 Å². The number of pyridine rings is 1. The molecule has 0 unspecified atom stereocenters. The number of hydrogen-bond donors (Lipinski definition) is 1. The normalized spacial score (nSPS) is 10.5. The van der Waals surface area contributed by atoms with Gasteiger partial charge in [0, 0.05) is 35.7 Å². The number of amides is 1. The van der Waals surface area contributed by atoms with E-state index in [1.165, 1.54) is 0 Å². The highest BCUT2D eigenvalue weighted by molar-refractivity contribution is 6.31. The summed E-state index contributed by atoms with van der Waals surface area (Å²) in [5.41, 5.74) is 1.72. The van der Waals surface area contributed by atoms with Gasteiger partial charge in [0.15, 0.2) is 6.61 Å². The minimum absolute atomic E-state index is 0.0677. The maximum absolute atomic E-state index is 11.9. The number of carbonyl (C=O) groups excluding carboxylic acids is 1. The van der Waals surface area contributed by atoms with Gasteiger partial charge in [-0.1, -0.05) is 23.7 Å². The molecular formula is C18H17ClN4O2. The van der Waals surface area contributed by atoms with Crippen molar-refractivity contribution in [1.82, 2.24) is 19.9 Å². The highest BCUT2D eigenvalue weighted by atomic mass is 35.5. The van der Waals surface area contributed by atoms with Crippen molar-refractivity contribution < 1.29 is 9.53 Å². The molecule has 0 saturated heterocycles. The molecule has 2 aromatic heterocycles. The Morgan fingerprint density at radius 3 is 2.92 bits per heavy atom. The van der Waals surface area contributed by atoms with Crippen molar-refractivity contribution in [3.8, 4) is 11.6 Å². The highest BCUT2D eigenvalue weighted by Crippen LogP contribution is 2.24. The van der Waals surface area contributed by atoms with E-state index in [-0.39, 0.29) is 12.5 Å². The third-order valence-corrected chi connectivity index (χ3v) is 4.05. The van der Waals surface area contributed by atoms with Gasteiger partial charge in [-0.05, 0) is 30.7 Å². The number of carbonyl (C=O) groups is 1. The zero-order chi connectivity index (χ0) is 17.6. The third kappa shape index (κ3) is 4.36. The predicted octanol–water partition coefficient (Wildman–Crippen LogP) is 2.92. The highest BCUT2D eigenvalue weighted by Gasteiger charge is 2.07. The SMILES string of the molecule is Cc1c(Cl)cccc1OCC(=O)NCc1ccc(-n2ccnc2)nc1. The lowest BCUT2D eigenvalue weighted by molar-refractivity contribution is -0.123. The molecule has 0 aliphatic heterocycles. The van der Waals surface area contributed by atoms with Crippen LogP contribution in [-0.2, 0) is 11.3 Å². The fourth-order valence-electron chi connectivity index (χ4n) is 2.21. The van der Waals surface area contributed by atoms with Gasteiger partial charge >= 0.3 is 0 Å². The summed E-state index contributed by atoms with van der Waals surface area (Å²) in [5.74, 6) is 1.17. The first-order chi connectivity index (χ1) is 12.1. The Kier molecular flexibility index (Phi) is 5.30. The van der Waals surface area contributed by atoms with Crippen molar-refractivity contribution in [2.24, 2.45) is 0 Å². The fourth-order valence-corrected chi connectivity index (χ4v) is 2.37. The number of halogens is 1. The van der Waals surface area contributed by atoms with E-state index in [4.69, 9.17) is 16.3 Å². The Morgan fingerprint density at radius 1 is 1.32 bits per heavy atom. The molecular weight excluding hydrogens is 340 g/mol. The van der Waals surface area contributed by atoms with E-state index in [0.29, 0.717) is 17.3 Å². The summed E-state index contributed by atoms with van der Waals surface area (Å²) in [6.07, 6.45) is 6.91. The quantitative estimate of drug-likeness (QED) is 0.737. The first kappa shape index (κ1) is 17.0. The number of aromatic nitrogens is 3. The van der Waals surface area contributed by atoms with Crippen molar-refractivity contribution >= 4 is 17.5 Å². The molecule has 0 aliphatic rings. The maximum atomic E-state index is 11.9. The van der Waals surface area contributed by atoms with Crippen LogP contribution in [0.4, 0.5) is 0 Å². The van der Waals surface area contributed by atoms with Crippen molar-refractivity contribution in [1.29, 1.82) is 0 Å². The minimum atomic E-state index is -0.210. The Hall–Kier alpha value is -2.86. The summed E-state index contributed by atoms with van der Waals surface area (Å²) in [7, 11) is 0. The van der Waals surface area contributed by atoms with Crippen LogP contribution < -0.4 is 10.1 Å². The van der Waals surface area contributed by atoms with E-state index in [1.807, 2.05) is 29.8 Å². The molecule has 0 saturated carbocycles. The fraction of sp³-hybridized carbons (Fsp3) is 0.167. The predicted molar refractivity (Wildman–Crippen MR) is 94.9 cm³/mol. The number of nitrogens with zero attached hydrogens (tertiary/aromatic N) is 3. The Labute approximate surface area is 150 Å². The van der Waals surface area contributed by atoms with Gasteiger partial charge in [0.1, 0.15) is 17.9 Å². The second kappa shape index (κ2) is 7.81. The molecule has 0 radical (unpaired) electrons. The van der Waals surface area contributed by atoms with Gasteiger partial charge < -0.3 is 10.1 Å². The number of nitrogens with one attached hydrogen (secondary N) is 1. The lowest BCUT2D eigenvalue weighted by atomic mass is 10.2. The lowest BCUT2D eigenvalue weighted by Crippen LogP contribution is -2.28. The van der Waals surface area contributed by atoms with E-state index in [0.717, 1.165) is 16.9 Å². The average molecular weight is 357 g/mol. The summed E-state index contributed by atoms with van der Waals surface area (Å²) in [6, 6.07) is 9.13. The van der Waals surface area contributed by atoms with Crippen LogP contribution in [0.5, 0.6) is 5.75 Å². The molecule has 0 fully saturated rings. The van der Waals surface area contributed by atoms with Crippen LogP contribution in [0.3, 0.4) is 0 Å². The van der Waals surface area contributed by atoms with Crippen molar-refractivity contribution in [2.75, 3.05) is 6.61 Å². The van der Waals surface area contributed by atoms with Crippen LogP contribution in [0.1, 0.15) is 11.1 Å². The van der Waals surface area contributed by atoms with Gasteiger partial charge in [-0.25, -0.2) is 9.97 Å². The molecule has 0 spiro atoms. The van der Waals surface area contributed by atoms with Gasteiger partial charge in [-0.3, -0.25) is 9.36 Å². The minimum Gasteiger partial charge on any atom is -0.483 e. The first-order valence-corrected chi connectivity index (χ1v) is 8.09. The van der Waals surface area contributed by atoms with E-state index in [9.17, 15) is 4.79 Å². The Bertz CT molecular complexity index is 848. The van der Waals surface area contributed by atoms with E-state index < -0.39 is 0 Å². The molecule has 1 amide bonds. The molecule has 7 heteroatoms. The Balaban J connectivity index is 1.50. The van der Waals surface area contributed by atoms with Crippen LogP contribution >= 0.6 is 11.6 Å². The zero-order valence-corrected chi connectivity index (χ0v) is 14.4. The van der Waals surface area contributed by atoms with E-state index >= 15 is 0 Å². The number of hydrogen-bond acceptors (Lipinski definition) is 4. The topological polar surface area (TPSA) is 69.0 Å². The smallest absolute Gasteiger partial charge is 0.258 e. The van der Waals surface area contributed by atoms with Crippen LogP contribution in [0.25, 0.3) is 5.82 Å². The molecule has 3 aromatic rings. The molecule has 1 N–H and O–H groups in total. The number of benzene rings is 1. The van der Waals surface area contributed by atoms with Gasteiger partial charge in [0.05, 0.1) is 0 Å². The second-order valence-electron chi connectivity index (χ2n) is 5.42. The van der Waals surface area contributed by atoms with Crippen molar-refractivity contribution in [3.05, 3.63) is 71.4 Å². The van der Waals surface area contributed by atoms with E-state index in [2.05, 4.69) is 15.3 Å². The summed E-state index contributed by atoms with van der Waals surface area (Å²) in [5, 5.41) is 3.41. The maximum Gasteiger partial charge on any atom is 0.258 e. The largest absolute Gasteiger partial charge is 0.483 e. The molecule has 25 heavy (non-hydrogen) atoms. The standard InChI is InChI=1S/C18H17ClN4O2/c1-13-15(19)3-2-4-16(13)25-11-18(24)22-10-14-5-6-17(21-9-14)23-8-7-20-12-23/h2-9,12H,10-11H2,1H3,(H,22,24). The zero-order valence-electron chi connectivity index (χ0n) is 13.6. The van der Waals surface area contributed by atoms with Crippen molar-refractivity contribution in [3.63, 3.8) is 0 Å². The monoisotopic (exact) mass is 356 g/mol. The molecule has 2 heterocycles. The van der Waals surface area contributed by atoms with Crippen LogP contribution in [0.15, 0.2) is 55.2 Å². The third-order valence-electron chi connectivity index (χ3n) is 3.64. The van der Waals surface area contributed by atoms with Gasteiger partial charge in [-0.2, -0.15) is 0 Å². The van der Waals surface area contributed by atoms with Crippen LogP contribution in [0.2, 0.25) is 5.02 Å². The molecule has 0 bridgehead atoms. The number of rotatable bonds is 6. The second-order valence-corrected chi connectivity index (χ2v) is 5.83. The van der Waals surface area contributed by atoms with Gasteiger partial charge in [-0.15, -0.1) is 0 Å². The van der Waals surface area contributed by atoms with Crippen LogP contribution in [-0.4, -0.2) is 27.0 Å². The molecule has 0 atom stereocenters. The molecule has 128 valence electrons. The van der Waals surface area contributed by atoms with Gasteiger partial charge in [0.25, 0.3) is 5.91 Å². The summed E-state index contributed by atoms with van der Waals surface area (Å²) in [4.78, 5) is 20.3.